The van der Waals surface area contributed by atoms with Crippen molar-refractivity contribution in [2.24, 2.45) is 0 Å². The average Bonchev–Trinajstić information content (AvgIpc) is 2.65. The molecule has 1 aromatic heterocycles. The minimum absolute atomic E-state index is 0.0881. The maximum Gasteiger partial charge on any atom is 0.262 e. The fraction of sp³-hybridized carbons (Fsp3) is 0.526. The monoisotopic (exact) mass is 427 g/mol. The molecule has 7 nitrogen and oxygen atoms in total. The first-order valence-electron chi connectivity index (χ1n) is 9.15. The molecule has 9 heteroatoms. The second-order valence-electron chi connectivity index (χ2n) is 6.28. The van der Waals surface area contributed by atoms with E-state index in [0.29, 0.717) is 53.9 Å². The summed E-state index contributed by atoms with van der Waals surface area (Å²) in [5.41, 5.74) is 0.378. The number of carbonyl (C=O) groups is 1. The Kier molecular flexibility index (Phi) is 9.24. The molecular formula is C19H26ClN3O4S. The standard InChI is InChI=1S/C19H26ClN3O4S/c1-4-27-9-5-8-23-18(25)15-7-6-14(20)10-16(15)22-19(23)28-12-17(24)21-13(2)11-26-3/h6-7,10,13H,4-5,8-9,11-12H2,1-3H3,(H,21,24). The fourth-order valence-electron chi connectivity index (χ4n) is 2.69. The summed E-state index contributed by atoms with van der Waals surface area (Å²) in [6, 6.07) is 4.93. The second-order valence-corrected chi connectivity index (χ2v) is 7.65. The van der Waals surface area contributed by atoms with Gasteiger partial charge >= 0.3 is 0 Å². The van der Waals surface area contributed by atoms with Crippen molar-refractivity contribution in [3.63, 3.8) is 0 Å². The number of benzene rings is 1. The highest BCUT2D eigenvalue weighted by atomic mass is 35.5. The Morgan fingerprint density at radius 3 is 2.93 bits per heavy atom. The molecule has 0 bridgehead atoms. The van der Waals surface area contributed by atoms with Gasteiger partial charge in [0.05, 0.1) is 23.3 Å². The topological polar surface area (TPSA) is 82.4 Å². The molecule has 1 heterocycles. The zero-order valence-electron chi connectivity index (χ0n) is 16.4. The normalized spacial score (nSPS) is 12.3. The highest BCUT2D eigenvalue weighted by molar-refractivity contribution is 7.99. The molecule has 2 rings (SSSR count). The van der Waals surface area contributed by atoms with Crippen LogP contribution in [0.25, 0.3) is 10.9 Å². The first kappa shape index (κ1) is 22.7. The van der Waals surface area contributed by atoms with Crippen LogP contribution >= 0.6 is 23.4 Å². The summed E-state index contributed by atoms with van der Waals surface area (Å²) in [7, 11) is 1.59. The van der Waals surface area contributed by atoms with Crippen molar-refractivity contribution in [2.75, 3.05) is 32.7 Å². The van der Waals surface area contributed by atoms with E-state index in [1.54, 1.807) is 29.9 Å². The summed E-state index contributed by atoms with van der Waals surface area (Å²) in [6.45, 7) is 5.88. The minimum Gasteiger partial charge on any atom is -0.383 e. The zero-order chi connectivity index (χ0) is 20.5. The molecule has 0 radical (unpaired) electrons. The van der Waals surface area contributed by atoms with Crippen molar-refractivity contribution in [3.8, 4) is 0 Å². The Morgan fingerprint density at radius 2 is 2.21 bits per heavy atom. The van der Waals surface area contributed by atoms with Gasteiger partial charge in [-0.15, -0.1) is 0 Å². The van der Waals surface area contributed by atoms with Crippen molar-refractivity contribution >= 4 is 40.2 Å². The predicted molar refractivity (Wildman–Crippen MR) is 112 cm³/mol. The van der Waals surface area contributed by atoms with Gasteiger partial charge in [-0.05, 0) is 38.5 Å². The maximum atomic E-state index is 12.9. The van der Waals surface area contributed by atoms with Crippen molar-refractivity contribution in [3.05, 3.63) is 33.6 Å². The molecule has 0 aliphatic rings. The molecule has 1 N–H and O–H groups in total. The molecule has 0 spiro atoms. The van der Waals surface area contributed by atoms with Gasteiger partial charge in [-0.2, -0.15) is 0 Å². The molecule has 154 valence electrons. The van der Waals surface area contributed by atoms with E-state index >= 15 is 0 Å². The molecule has 1 unspecified atom stereocenters. The van der Waals surface area contributed by atoms with Crippen LogP contribution in [0, 0.1) is 0 Å². The Bertz CT molecular complexity index is 859. The first-order valence-corrected chi connectivity index (χ1v) is 10.5. The number of fused-ring (bicyclic) bond motifs is 1. The third kappa shape index (κ3) is 6.48. The van der Waals surface area contributed by atoms with Crippen molar-refractivity contribution in [1.82, 2.24) is 14.9 Å². The lowest BCUT2D eigenvalue weighted by atomic mass is 10.2. The van der Waals surface area contributed by atoms with Crippen LogP contribution in [-0.4, -0.2) is 54.2 Å². The minimum atomic E-state index is -0.145. The van der Waals surface area contributed by atoms with Gasteiger partial charge in [0, 0.05) is 37.9 Å². The molecule has 2 aromatic rings. The van der Waals surface area contributed by atoms with E-state index in [0.717, 1.165) is 0 Å². The van der Waals surface area contributed by atoms with Crippen LogP contribution in [0.1, 0.15) is 20.3 Å². The second kappa shape index (κ2) is 11.4. The Morgan fingerprint density at radius 1 is 1.43 bits per heavy atom. The predicted octanol–water partition coefficient (Wildman–Crippen LogP) is 2.72. The highest BCUT2D eigenvalue weighted by Crippen LogP contribution is 2.20. The van der Waals surface area contributed by atoms with E-state index in [2.05, 4.69) is 10.3 Å². The third-order valence-corrected chi connectivity index (χ3v) is 5.12. The molecule has 0 aliphatic heterocycles. The van der Waals surface area contributed by atoms with E-state index in [4.69, 9.17) is 21.1 Å². The van der Waals surface area contributed by atoms with Gasteiger partial charge in [-0.3, -0.25) is 14.2 Å². The van der Waals surface area contributed by atoms with Gasteiger partial charge < -0.3 is 14.8 Å². The van der Waals surface area contributed by atoms with Gasteiger partial charge in [0.15, 0.2) is 5.16 Å². The molecule has 0 aliphatic carbocycles. The van der Waals surface area contributed by atoms with Crippen LogP contribution in [0.2, 0.25) is 5.02 Å². The van der Waals surface area contributed by atoms with Crippen LogP contribution in [0.4, 0.5) is 0 Å². The zero-order valence-corrected chi connectivity index (χ0v) is 17.9. The molecule has 0 fully saturated rings. The molecule has 0 saturated carbocycles. The van der Waals surface area contributed by atoms with Crippen LogP contribution < -0.4 is 10.9 Å². The van der Waals surface area contributed by atoms with E-state index in [9.17, 15) is 9.59 Å². The largest absolute Gasteiger partial charge is 0.383 e. The van der Waals surface area contributed by atoms with Gasteiger partial charge in [0.25, 0.3) is 5.56 Å². The lowest BCUT2D eigenvalue weighted by molar-refractivity contribution is -0.119. The lowest BCUT2D eigenvalue weighted by Crippen LogP contribution is -2.36. The average molecular weight is 428 g/mol. The quantitative estimate of drug-likeness (QED) is 0.337. The SMILES string of the molecule is CCOCCCn1c(SCC(=O)NC(C)COC)nc2cc(Cl)ccc2c1=O. The van der Waals surface area contributed by atoms with Gasteiger partial charge in [-0.25, -0.2) is 4.98 Å². The number of carbonyl (C=O) groups excluding carboxylic acids is 1. The lowest BCUT2D eigenvalue weighted by Gasteiger charge is -2.15. The third-order valence-electron chi connectivity index (χ3n) is 3.91. The first-order chi connectivity index (χ1) is 13.5. The fourth-order valence-corrected chi connectivity index (χ4v) is 3.69. The van der Waals surface area contributed by atoms with Crippen molar-refractivity contribution in [2.45, 2.75) is 38.0 Å². The van der Waals surface area contributed by atoms with Gasteiger partial charge in [-0.1, -0.05) is 23.4 Å². The number of hydrogen-bond acceptors (Lipinski definition) is 6. The summed E-state index contributed by atoms with van der Waals surface area (Å²) >= 11 is 7.28. The van der Waals surface area contributed by atoms with Crippen LogP contribution in [0.15, 0.2) is 28.2 Å². The van der Waals surface area contributed by atoms with Crippen LogP contribution in [0.3, 0.4) is 0 Å². The molecular weight excluding hydrogens is 402 g/mol. The van der Waals surface area contributed by atoms with E-state index < -0.39 is 0 Å². The Hall–Kier alpha value is -1.61. The van der Waals surface area contributed by atoms with Crippen LogP contribution in [0.5, 0.6) is 0 Å². The number of ether oxygens (including phenoxy) is 2. The maximum absolute atomic E-state index is 12.9. The van der Waals surface area contributed by atoms with E-state index in [1.165, 1.54) is 11.8 Å². The summed E-state index contributed by atoms with van der Waals surface area (Å²) in [6.07, 6.45) is 0.680. The van der Waals surface area contributed by atoms with Gasteiger partial charge in [0.1, 0.15) is 0 Å². The number of hydrogen-bond donors (Lipinski definition) is 1. The molecule has 1 atom stereocenters. The number of rotatable bonds is 11. The van der Waals surface area contributed by atoms with Crippen molar-refractivity contribution in [1.29, 1.82) is 0 Å². The summed E-state index contributed by atoms with van der Waals surface area (Å²) in [4.78, 5) is 29.7. The number of thioether (sulfide) groups is 1. The molecule has 1 amide bonds. The van der Waals surface area contributed by atoms with Crippen molar-refractivity contribution < 1.29 is 14.3 Å². The van der Waals surface area contributed by atoms with E-state index in [1.807, 2.05) is 13.8 Å². The summed E-state index contributed by atoms with van der Waals surface area (Å²) in [5, 5.41) is 4.35. The highest BCUT2D eigenvalue weighted by Gasteiger charge is 2.14. The Labute approximate surface area is 173 Å². The Balaban J connectivity index is 2.22. The number of aromatic nitrogens is 2. The summed E-state index contributed by atoms with van der Waals surface area (Å²) < 4.78 is 12.0. The number of amides is 1. The molecule has 1 aromatic carbocycles. The molecule has 0 saturated heterocycles. The number of nitrogens with one attached hydrogen (secondary N) is 1. The molecule has 28 heavy (non-hydrogen) atoms. The number of halogens is 1. The van der Waals surface area contributed by atoms with Crippen LogP contribution in [-0.2, 0) is 20.8 Å². The smallest absolute Gasteiger partial charge is 0.262 e. The van der Waals surface area contributed by atoms with E-state index in [-0.39, 0.29) is 23.3 Å². The number of methoxy groups -OCH3 is 1. The number of nitrogens with zero attached hydrogens (tertiary/aromatic N) is 2. The van der Waals surface area contributed by atoms with Gasteiger partial charge in [0.2, 0.25) is 5.91 Å². The summed E-state index contributed by atoms with van der Waals surface area (Å²) in [5.74, 6) is 0.00809.